The van der Waals surface area contributed by atoms with Gasteiger partial charge in [0.2, 0.25) is 5.91 Å². The van der Waals surface area contributed by atoms with Crippen LogP contribution in [0.15, 0.2) is 103 Å². The molecule has 4 aromatic carbocycles. The molecule has 1 N–H and O–H groups in total. The zero-order valence-corrected chi connectivity index (χ0v) is 26.5. The van der Waals surface area contributed by atoms with Crippen molar-refractivity contribution >= 4 is 23.5 Å². The van der Waals surface area contributed by atoms with Crippen molar-refractivity contribution in [3.8, 4) is 0 Å². The Morgan fingerprint density at radius 3 is 1.86 bits per heavy atom. The van der Waals surface area contributed by atoms with Gasteiger partial charge in [0, 0.05) is 29.8 Å². The average Bonchev–Trinajstić information content (AvgIpc) is 3.07. The number of carbonyl (C=O) groups excluding carboxylic acids is 3. The summed E-state index contributed by atoms with van der Waals surface area (Å²) in [5.74, 6) is -3.16. The number of hydrogen-bond donors (Lipinski definition) is 1. The highest BCUT2D eigenvalue weighted by Gasteiger charge is 2.49. The smallest absolute Gasteiger partial charge is 0.315 e. The Hall–Kier alpha value is -5.03. The van der Waals surface area contributed by atoms with Crippen molar-refractivity contribution < 1.29 is 40.7 Å². The van der Waals surface area contributed by atoms with Gasteiger partial charge in [-0.25, -0.2) is 0 Å². The molecule has 1 amide bonds. The molecule has 3 atom stereocenters. The Labute approximate surface area is 279 Å². The van der Waals surface area contributed by atoms with E-state index in [1.807, 2.05) is 26.0 Å². The number of ketones is 2. The maximum absolute atomic E-state index is 14.5. The van der Waals surface area contributed by atoms with E-state index in [0.29, 0.717) is 11.1 Å². The molecule has 0 saturated carbocycles. The van der Waals surface area contributed by atoms with Gasteiger partial charge in [-0.15, -0.1) is 0 Å². The number of rotatable bonds is 8. The maximum atomic E-state index is 14.5. The first-order valence-electron chi connectivity index (χ1n) is 15.4. The number of benzene rings is 4. The predicted molar refractivity (Wildman–Crippen MR) is 173 cm³/mol. The summed E-state index contributed by atoms with van der Waals surface area (Å²) in [6.07, 6.45) is -7.35. The van der Waals surface area contributed by atoms with Gasteiger partial charge >= 0.3 is 12.4 Å². The van der Waals surface area contributed by atoms with Crippen molar-refractivity contribution in [1.82, 2.24) is 10.2 Å². The summed E-state index contributed by atoms with van der Waals surface area (Å²) >= 11 is 0. The lowest BCUT2D eigenvalue weighted by Gasteiger charge is -2.45. The van der Waals surface area contributed by atoms with Crippen molar-refractivity contribution in [2.75, 3.05) is 6.54 Å². The third kappa shape index (κ3) is 7.83. The Morgan fingerprint density at radius 2 is 1.29 bits per heavy atom. The molecule has 49 heavy (non-hydrogen) atoms. The third-order valence-electron chi connectivity index (χ3n) is 8.66. The SMILES string of the molecule is Cc1ccc(CC2NCC(C(=O)c3ccccc3C(F)(F)F)N(C(=O)/C=C/c3ccccc3)C2C(=O)c2ccccc2C(F)(F)F)cc1C. The summed E-state index contributed by atoms with van der Waals surface area (Å²) in [5, 5.41) is 3.06. The van der Waals surface area contributed by atoms with Crippen LogP contribution in [0.2, 0.25) is 0 Å². The molecule has 0 aromatic heterocycles. The Balaban J connectivity index is 1.69. The summed E-state index contributed by atoms with van der Waals surface area (Å²) in [6, 6.07) is 17.7. The third-order valence-corrected chi connectivity index (χ3v) is 8.66. The first kappa shape index (κ1) is 35.3. The lowest BCUT2D eigenvalue weighted by molar-refractivity contribution is -0.138. The van der Waals surface area contributed by atoms with E-state index in [2.05, 4.69) is 5.32 Å². The molecule has 1 fully saturated rings. The summed E-state index contributed by atoms with van der Waals surface area (Å²) in [6.45, 7) is 3.40. The molecule has 1 aliphatic heterocycles. The van der Waals surface area contributed by atoms with Crippen LogP contribution < -0.4 is 5.32 Å². The first-order chi connectivity index (χ1) is 23.2. The van der Waals surface area contributed by atoms with Crippen molar-refractivity contribution in [3.05, 3.63) is 148 Å². The van der Waals surface area contributed by atoms with Gasteiger partial charge in [0.15, 0.2) is 11.6 Å². The van der Waals surface area contributed by atoms with Crippen LogP contribution in [0.5, 0.6) is 0 Å². The van der Waals surface area contributed by atoms with Gasteiger partial charge in [-0.3, -0.25) is 14.4 Å². The van der Waals surface area contributed by atoms with E-state index in [1.54, 1.807) is 36.4 Å². The molecule has 0 radical (unpaired) electrons. The fourth-order valence-corrected chi connectivity index (χ4v) is 6.09. The summed E-state index contributed by atoms with van der Waals surface area (Å²) in [7, 11) is 0. The van der Waals surface area contributed by atoms with E-state index in [-0.39, 0.29) is 13.0 Å². The van der Waals surface area contributed by atoms with E-state index >= 15 is 0 Å². The molecular formula is C38H32F6N2O3. The number of halogens is 6. The van der Waals surface area contributed by atoms with Crippen LogP contribution in [0.3, 0.4) is 0 Å². The Morgan fingerprint density at radius 1 is 0.735 bits per heavy atom. The van der Waals surface area contributed by atoms with Gasteiger partial charge in [0.1, 0.15) is 12.1 Å². The van der Waals surface area contributed by atoms with E-state index in [4.69, 9.17) is 0 Å². The Bertz CT molecular complexity index is 1880. The molecule has 3 unspecified atom stereocenters. The quantitative estimate of drug-likeness (QED) is 0.117. The second-order valence-electron chi connectivity index (χ2n) is 11.9. The molecular weight excluding hydrogens is 646 g/mol. The van der Waals surface area contributed by atoms with Gasteiger partial charge in [0.05, 0.1) is 11.1 Å². The second kappa shape index (κ2) is 14.2. The fraction of sp³-hybridized carbons (Fsp3) is 0.237. The molecule has 1 aliphatic rings. The van der Waals surface area contributed by atoms with Crippen molar-refractivity contribution in [3.63, 3.8) is 0 Å². The minimum absolute atomic E-state index is 0.0535. The standard InChI is InChI=1S/C38H32F6N2O3/c1-23-16-17-26(20-24(23)2)21-31-34(36(49)28-13-7-9-15-30(28)38(42,43)44)46(33(47)19-18-25-10-4-3-5-11-25)32(22-45-31)35(48)27-12-6-8-14-29(27)37(39,40)41/h3-20,31-32,34,45H,21-22H2,1-2H3/b19-18+. The molecule has 1 heterocycles. The molecule has 4 aromatic rings. The van der Waals surface area contributed by atoms with Crippen molar-refractivity contribution in [1.29, 1.82) is 0 Å². The number of Topliss-reactive ketones (excluding diaryl/α,β-unsaturated/α-hetero) is 2. The summed E-state index contributed by atoms with van der Waals surface area (Å²) in [5.41, 5.74) is -0.808. The highest BCUT2D eigenvalue weighted by molar-refractivity contribution is 6.09. The van der Waals surface area contributed by atoms with E-state index in [0.717, 1.165) is 58.5 Å². The molecule has 1 saturated heterocycles. The monoisotopic (exact) mass is 678 g/mol. The fourth-order valence-electron chi connectivity index (χ4n) is 6.09. The highest BCUT2D eigenvalue weighted by Crippen LogP contribution is 2.36. The normalized spacial score (nSPS) is 18.4. The molecule has 0 bridgehead atoms. The predicted octanol–water partition coefficient (Wildman–Crippen LogP) is 7.90. The minimum Gasteiger partial charge on any atom is -0.315 e. The number of alkyl halides is 6. The largest absolute Gasteiger partial charge is 0.417 e. The zero-order chi connectivity index (χ0) is 35.5. The maximum Gasteiger partial charge on any atom is 0.417 e. The van der Waals surface area contributed by atoms with E-state index in [1.165, 1.54) is 18.2 Å². The van der Waals surface area contributed by atoms with Gasteiger partial charge in [-0.05, 0) is 60.7 Å². The molecule has 5 rings (SSSR count). The van der Waals surface area contributed by atoms with Crippen LogP contribution in [-0.4, -0.2) is 47.0 Å². The van der Waals surface area contributed by atoms with Crippen LogP contribution in [0.4, 0.5) is 26.3 Å². The minimum atomic E-state index is -4.94. The summed E-state index contributed by atoms with van der Waals surface area (Å²) in [4.78, 5) is 43.6. The van der Waals surface area contributed by atoms with Gasteiger partial charge in [-0.1, -0.05) is 84.9 Å². The van der Waals surface area contributed by atoms with E-state index < -0.39 is 70.2 Å². The number of piperazine rings is 1. The topological polar surface area (TPSA) is 66.5 Å². The molecule has 5 nitrogen and oxygen atoms in total. The van der Waals surface area contributed by atoms with E-state index in [9.17, 15) is 40.7 Å². The molecule has 0 spiro atoms. The van der Waals surface area contributed by atoms with Crippen LogP contribution >= 0.6 is 0 Å². The molecule has 11 heteroatoms. The number of aryl methyl sites for hydroxylation is 2. The van der Waals surface area contributed by atoms with Crippen LogP contribution in [-0.2, 0) is 23.6 Å². The summed E-state index contributed by atoms with van der Waals surface area (Å²) < 4.78 is 84.9. The average molecular weight is 679 g/mol. The van der Waals surface area contributed by atoms with Crippen LogP contribution in [0.1, 0.15) is 54.1 Å². The number of nitrogens with one attached hydrogen (secondary N) is 1. The second-order valence-corrected chi connectivity index (χ2v) is 11.9. The van der Waals surface area contributed by atoms with Gasteiger partial charge in [0.25, 0.3) is 0 Å². The van der Waals surface area contributed by atoms with Crippen LogP contribution in [0, 0.1) is 13.8 Å². The lowest BCUT2D eigenvalue weighted by atomic mass is 9.84. The van der Waals surface area contributed by atoms with Crippen molar-refractivity contribution in [2.24, 2.45) is 0 Å². The lowest BCUT2D eigenvalue weighted by Crippen LogP contribution is -2.69. The zero-order valence-electron chi connectivity index (χ0n) is 26.5. The van der Waals surface area contributed by atoms with Crippen LogP contribution in [0.25, 0.3) is 6.08 Å². The number of nitrogens with zero attached hydrogens (tertiary/aromatic N) is 1. The first-order valence-corrected chi connectivity index (χ1v) is 15.4. The van der Waals surface area contributed by atoms with Gasteiger partial charge < -0.3 is 10.2 Å². The molecule has 0 aliphatic carbocycles. The highest BCUT2D eigenvalue weighted by atomic mass is 19.4. The van der Waals surface area contributed by atoms with Gasteiger partial charge in [-0.2, -0.15) is 26.3 Å². The van der Waals surface area contributed by atoms with Crippen molar-refractivity contribution in [2.45, 2.75) is 50.7 Å². The number of hydrogen-bond acceptors (Lipinski definition) is 4. The number of amides is 1. The number of carbonyl (C=O) groups is 3. The Kier molecular flexibility index (Phi) is 10.2. The molecule has 254 valence electrons.